The van der Waals surface area contributed by atoms with Crippen molar-refractivity contribution in [2.24, 2.45) is 0 Å². The Morgan fingerprint density at radius 1 is 1.32 bits per heavy atom. The molecule has 0 saturated heterocycles. The second kappa shape index (κ2) is 5.45. The maximum atomic E-state index is 10.8. The van der Waals surface area contributed by atoms with E-state index >= 15 is 0 Å². The number of nitrogens with zero attached hydrogens (tertiary/aromatic N) is 2. The van der Waals surface area contributed by atoms with Crippen molar-refractivity contribution >= 4 is 17.6 Å². The zero-order valence-corrected chi connectivity index (χ0v) is 11.6. The molecule has 100 valence electrons. The zero-order valence-electron chi connectivity index (χ0n) is 10.9. The Balaban J connectivity index is 2.26. The third-order valence-electron chi connectivity index (χ3n) is 3.10. The van der Waals surface area contributed by atoms with Crippen LogP contribution in [0.5, 0.6) is 0 Å². The lowest BCUT2D eigenvalue weighted by atomic mass is 10.1. The molecule has 19 heavy (non-hydrogen) atoms. The van der Waals surface area contributed by atoms with Gasteiger partial charge < -0.3 is 5.11 Å². The van der Waals surface area contributed by atoms with E-state index in [1.54, 1.807) is 0 Å². The van der Waals surface area contributed by atoms with E-state index in [1.807, 2.05) is 42.8 Å². The van der Waals surface area contributed by atoms with E-state index in [-0.39, 0.29) is 6.42 Å². The molecular formula is C14H15ClN2O2. The van der Waals surface area contributed by atoms with E-state index in [0.717, 1.165) is 22.5 Å². The molecule has 0 saturated carbocycles. The fourth-order valence-corrected chi connectivity index (χ4v) is 2.18. The van der Waals surface area contributed by atoms with E-state index in [2.05, 4.69) is 5.10 Å². The summed E-state index contributed by atoms with van der Waals surface area (Å²) in [6, 6.07) is 7.55. The standard InChI is InChI=1S/C14H15ClN2O2/c1-9-13(7-14(18)19)10(2)17(16-9)8-11-3-5-12(15)6-4-11/h3-6H,7-8H2,1-2H3,(H,18,19). The minimum atomic E-state index is -0.836. The van der Waals surface area contributed by atoms with Gasteiger partial charge in [-0.1, -0.05) is 23.7 Å². The first-order valence-electron chi connectivity index (χ1n) is 5.96. The summed E-state index contributed by atoms with van der Waals surface area (Å²) in [5.74, 6) is -0.836. The molecule has 1 aromatic carbocycles. The predicted molar refractivity (Wildman–Crippen MR) is 73.6 cm³/mol. The lowest BCUT2D eigenvalue weighted by Crippen LogP contribution is -2.06. The average Bonchev–Trinajstić information content (AvgIpc) is 2.60. The third-order valence-corrected chi connectivity index (χ3v) is 3.36. The highest BCUT2D eigenvalue weighted by Crippen LogP contribution is 2.16. The summed E-state index contributed by atoms with van der Waals surface area (Å²) in [6.45, 7) is 4.35. The van der Waals surface area contributed by atoms with Gasteiger partial charge in [0.15, 0.2) is 0 Å². The molecular weight excluding hydrogens is 264 g/mol. The van der Waals surface area contributed by atoms with Crippen LogP contribution in [0.2, 0.25) is 5.02 Å². The highest BCUT2D eigenvalue weighted by atomic mass is 35.5. The van der Waals surface area contributed by atoms with Gasteiger partial charge in [-0.15, -0.1) is 0 Å². The zero-order chi connectivity index (χ0) is 14.0. The SMILES string of the molecule is Cc1nn(Cc2ccc(Cl)cc2)c(C)c1CC(=O)O. The fraction of sp³-hybridized carbons (Fsp3) is 0.286. The molecule has 0 radical (unpaired) electrons. The number of benzene rings is 1. The van der Waals surface area contributed by atoms with Crippen LogP contribution in [-0.2, 0) is 17.8 Å². The van der Waals surface area contributed by atoms with E-state index in [9.17, 15) is 4.79 Å². The van der Waals surface area contributed by atoms with Crippen molar-refractivity contribution in [3.8, 4) is 0 Å². The van der Waals surface area contributed by atoms with Crippen LogP contribution in [0.1, 0.15) is 22.5 Å². The minimum Gasteiger partial charge on any atom is -0.481 e. The summed E-state index contributed by atoms with van der Waals surface area (Å²) in [7, 11) is 0. The molecule has 2 aromatic rings. The molecule has 5 heteroatoms. The minimum absolute atomic E-state index is 0.0122. The van der Waals surface area contributed by atoms with E-state index in [4.69, 9.17) is 16.7 Å². The number of halogens is 1. The number of aromatic nitrogens is 2. The smallest absolute Gasteiger partial charge is 0.307 e. The van der Waals surface area contributed by atoms with Gasteiger partial charge in [-0.05, 0) is 31.5 Å². The Morgan fingerprint density at radius 3 is 2.53 bits per heavy atom. The maximum absolute atomic E-state index is 10.8. The van der Waals surface area contributed by atoms with Gasteiger partial charge in [0.25, 0.3) is 0 Å². The Hall–Kier alpha value is -1.81. The van der Waals surface area contributed by atoms with Crippen LogP contribution in [0.25, 0.3) is 0 Å². The van der Waals surface area contributed by atoms with Crippen molar-refractivity contribution in [3.63, 3.8) is 0 Å². The van der Waals surface area contributed by atoms with Crippen LogP contribution in [0.3, 0.4) is 0 Å². The van der Waals surface area contributed by atoms with Gasteiger partial charge >= 0.3 is 5.97 Å². The summed E-state index contributed by atoms with van der Waals surface area (Å²) >= 11 is 5.84. The van der Waals surface area contributed by atoms with Crippen LogP contribution in [0.4, 0.5) is 0 Å². The first-order valence-corrected chi connectivity index (χ1v) is 6.34. The largest absolute Gasteiger partial charge is 0.481 e. The molecule has 0 unspecified atom stereocenters. The van der Waals surface area contributed by atoms with Crippen LogP contribution in [0, 0.1) is 13.8 Å². The van der Waals surface area contributed by atoms with Crippen molar-refractivity contribution in [2.45, 2.75) is 26.8 Å². The molecule has 0 aliphatic carbocycles. The van der Waals surface area contributed by atoms with Crippen molar-refractivity contribution < 1.29 is 9.90 Å². The number of carboxylic acid groups (broad SMARTS) is 1. The number of carbonyl (C=O) groups is 1. The molecule has 2 rings (SSSR count). The molecule has 1 N–H and O–H groups in total. The van der Waals surface area contributed by atoms with Gasteiger partial charge in [0.1, 0.15) is 0 Å². The summed E-state index contributed by atoms with van der Waals surface area (Å²) in [5.41, 5.74) is 3.54. The van der Waals surface area contributed by atoms with Crippen molar-refractivity contribution in [3.05, 3.63) is 51.8 Å². The summed E-state index contributed by atoms with van der Waals surface area (Å²) in [5, 5.41) is 14.0. The highest BCUT2D eigenvalue weighted by molar-refractivity contribution is 6.30. The van der Waals surface area contributed by atoms with Crippen molar-refractivity contribution in [1.29, 1.82) is 0 Å². The van der Waals surface area contributed by atoms with Crippen LogP contribution < -0.4 is 0 Å². The van der Waals surface area contributed by atoms with E-state index < -0.39 is 5.97 Å². The lowest BCUT2D eigenvalue weighted by Gasteiger charge is -2.05. The van der Waals surface area contributed by atoms with Crippen molar-refractivity contribution in [2.75, 3.05) is 0 Å². The monoisotopic (exact) mass is 278 g/mol. The van der Waals surface area contributed by atoms with Gasteiger partial charge in [0, 0.05) is 16.3 Å². The van der Waals surface area contributed by atoms with Crippen LogP contribution in [-0.4, -0.2) is 20.9 Å². The number of rotatable bonds is 4. The van der Waals surface area contributed by atoms with Gasteiger partial charge in [-0.25, -0.2) is 0 Å². The van der Waals surface area contributed by atoms with Crippen molar-refractivity contribution in [1.82, 2.24) is 9.78 Å². The normalized spacial score (nSPS) is 10.7. The van der Waals surface area contributed by atoms with E-state index in [0.29, 0.717) is 11.6 Å². The number of aliphatic carboxylic acids is 1. The summed E-state index contributed by atoms with van der Waals surface area (Å²) in [4.78, 5) is 10.8. The first kappa shape index (κ1) is 13.6. The van der Waals surface area contributed by atoms with Gasteiger partial charge in [-0.2, -0.15) is 5.10 Å². The Labute approximate surface area is 116 Å². The van der Waals surface area contributed by atoms with Gasteiger partial charge in [0.2, 0.25) is 0 Å². The van der Waals surface area contributed by atoms with Crippen LogP contribution >= 0.6 is 11.6 Å². The third kappa shape index (κ3) is 3.15. The summed E-state index contributed by atoms with van der Waals surface area (Å²) < 4.78 is 1.83. The topological polar surface area (TPSA) is 55.1 Å². The van der Waals surface area contributed by atoms with Crippen LogP contribution in [0.15, 0.2) is 24.3 Å². The maximum Gasteiger partial charge on any atom is 0.307 e. The molecule has 0 aliphatic heterocycles. The second-order valence-electron chi connectivity index (χ2n) is 4.50. The highest BCUT2D eigenvalue weighted by Gasteiger charge is 2.14. The Bertz CT molecular complexity index is 603. The number of aryl methyl sites for hydroxylation is 1. The predicted octanol–water partition coefficient (Wildman–Crippen LogP) is 2.83. The first-order chi connectivity index (χ1) is 8.97. The van der Waals surface area contributed by atoms with Gasteiger partial charge in [0.05, 0.1) is 18.7 Å². The molecule has 0 bridgehead atoms. The fourth-order valence-electron chi connectivity index (χ4n) is 2.06. The molecule has 4 nitrogen and oxygen atoms in total. The second-order valence-corrected chi connectivity index (χ2v) is 4.94. The number of hydrogen-bond acceptors (Lipinski definition) is 2. The number of carboxylic acids is 1. The molecule has 0 aliphatic rings. The molecule has 1 heterocycles. The molecule has 1 aromatic heterocycles. The number of hydrogen-bond donors (Lipinski definition) is 1. The Morgan fingerprint density at radius 2 is 1.95 bits per heavy atom. The van der Waals surface area contributed by atoms with E-state index in [1.165, 1.54) is 0 Å². The Kier molecular flexibility index (Phi) is 3.90. The molecule has 0 fully saturated rings. The van der Waals surface area contributed by atoms with Gasteiger partial charge in [-0.3, -0.25) is 9.48 Å². The molecule has 0 spiro atoms. The summed E-state index contributed by atoms with van der Waals surface area (Å²) in [6.07, 6.45) is 0.0122. The quantitative estimate of drug-likeness (QED) is 0.936. The molecule has 0 amide bonds. The average molecular weight is 279 g/mol. The lowest BCUT2D eigenvalue weighted by molar-refractivity contribution is -0.136. The molecule has 0 atom stereocenters.